The van der Waals surface area contributed by atoms with Crippen molar-refractivity contribution in [3.05, 3.63) is 94.6 Å². The van der Waals surface area contributed by atoms with Gasteiger partial charge >= 0.3 is 0 Å². The lowest BCUT2D eigenvalue weighted by Crippen LogP contribution is -2.02. The summed E-state index contributed by atoms with van der Waals surface area (Å²) in [5, 5.41) is 5.27. The smallest absolute Gasteiger partial charge is 0.136 e. The van der Waals surface area contributed by atoms with Crippen LogP contribution in [0.5, 0.6) is 0 Å². The van der Waals surface area contributed by atoms with E-state index in [4.69, 9.17) is 4.42 Å². The number of allylic oxidation sites excluding steroid dienone is 2. The molecule has 0 saturated heterocycles. The third-order valence-corrected chi connectivity index (χ3v) is 8.34. The standard InChI is InChI=1S/C37H38O/c1-4-6-8-14-26-15-12-20-34-36(26)37-30(19-13-21-35(37)38-34)27-22-23-32-31-18-11-10-17-28(31)25(3)29(33(32)24-27)16-9-7-5-2/h9,11-13,15-16,18-24H,4-8,10,14,17H2,1-3H3/b16-9-. The van der Waals surface area contributed by atoms with E-state index >= 15 is 0 Å². The van der Waals surface area contributed by atoms with Gasteiger partial charge in [-0.1, -0.05) is 93.8 Å². The molecule has 0 amide bonds. The Hall–Kier alpha value is -3.58. The van der Waals surface area contributed by atoms with Gasteiger partial charge in [0.15, 0.2) is 0 Å². The molecule has 0 fully saturated rings. The van der Waals surface area contributed by atoms with Crippen LogP contribution in [-0.4, -0.2) is 0 Å². The van der Waals surface area contributed by atoms with Gasteiger partial charge in [0, 0.05) is 10.8 Å². The van der Waals surface area contributed by atoms with Crippen LogP contribution in [0.4, 0.5) is 0 Å². The molecule has 0 bridgehead atoms. The molecule has 38 heavy (non-hydrogen) atoms. The van der Waals surface area contributed by atoms with E-state index in [1.807, 2.05) is 0 Å². The lowest BCUT2D eigenvalue weighted by molar-refractivity contribution is 0.668. The van der Waals surface area contributed by atoms with Crippen molar-refractivity contribution in [1.29, 1.82) is 0 Å². The number of aryl methyl sites for hydroxylation is 1. The Morgan fingerprint density at radius 2 is 1.71 bits per heavy atom. The van der Waals surface area contributed by atoms with E-state index in [1.54, 1.807) is 0 Å². The van der Waals surface area contributed by atoms with Gasteiger partial charge in [0.05, 0.1) is 0 Å². The lowest BCUT2D eigenvalue weighted by atomic mass is 9.83. The predicted molar refractivity (Wildman–Crippen MR) is 166 cm³/mol. The first-order chi connectivity index (χ1) is 18.7. The minimum atomic E-state index is 0.980. The molecule has 0 radical (unpaired) electrons. The van der Waals surface area contributed by atoms with Crippen LogP contribution in [0.3, 0.4) is 0 Å². The third-order valence-electron chi connectivity index (χ3n) is 8.34. The molecule has 5 aromatic rings. The number of unbranched alkanes of at least 4 members (excludes halogenated alkanes) is 3. The summed E-state index contributed by atoms with van der Waals surface area (Å²) in [5.41, 5.74) is 11.7. The molecule has 0 unspecified atom stereocenters. The zero-order valence-corrected chi connectivity index (χ0v) is 23.1. The summed E-state index contributed by atoms with van der Waals surface area (Å²) in [5.74, 6) is 0. The molecule has 0 atom stereocenters. The second-order valence-electron chi connectivity index (χ2n) is 10.9. The second kappa shape index (κ2) is 10.7. The topological polar surface area (TPSA) is 13.1 Å². The molecule has 1 heteroatoms. The van der Waals surface area contributed by atoms with Crippen LogP contribution in [0, 0.1) is 6.92 Å². The van der Waals surface area contributed by atoms with E-state index in [9.17, 15) is 0 Å². The molecule has 1 nitrogen and oxygen atoms in total. The minimum absolute atomic E-state index is 0.980. The molecule has 6 rings (SSSR count). The molecule has 0 aliphatic heterocycles. The first-order valence-electron chi connectivity index (χ1n) is 14.6. The van der Waals surface area contributed by atoms with Crippen molar-refractivity contribution in [2.45, 2.75) is 72.1 Å². The van der Waals surface area contributed by atoms with Gasteiger partial charge in [-0.25, -0.2) is 0 Å². The van der Waals surface area contributed by atoms with E-state index in [0.717, 1.165) is 36.8 Å². The summed E-state index contributed by atoms with van der Waals surface area (Å²) in [6.07, 6.45) is 18.8. The lowest BCUT2D eigenvalue weighted by Gasteiger charge is -2.20. The van der Waals surface area contributed by atoms with Crippen molar-refractivity contribution >= 4 is 44.9 Å². The number of benzene rings is 4. The molecular formula is C37H38O. The first-order valence-corrected chi connectivity index (χ1v) is 14.6. The van der Waals surface area contributed by atoms with E-state index < -0.39 is 0 Å². The number of rotatable bonds is 8. The van der Waals surface area contributed by atoms with Crippen LogP contribution in [0.25, 0.3) is 56.0 Å². The van der Waals surface area contributed by atoms with Gasteiger partial charge in [-0.15, -0.1) is 0 Å². The van der Waals surface area contributed by atoms with E-state index in [-0.39, 0.29) is 0 Å². The summed E-state index contributed by atoms with van der Waals surface area (Å²) in [4.78, 5) is 0. The quantitative estimate of drug-likeness (QED) is 0.194. The second-order valence-corrected chi connectivity index (χ2v) is 10.9. The zero-order chi connectivity index (χ0) is 26.1. The largest absolute Gasteiger partial charge is 0.456 e. The Kier molecular flexibility index (Phi) is 6.94. The van der Waals surface area contributed by atoms with Gasteiger partial charge in [0.25, 0.3) is 0 Å². The van der Waals surface area contributed by atoms with Gasteiger partial charge in [-0.3, -0.25) is 0 Å². The van der Waals surface area contributed by atoms with Crippen LogP contribution in [0.15, 0.2) is 71.2 Å². The van der Waals surface area contributed by atoms with Crippen LogP contribution < -0.4 is 0 Å². The highest BCUT2D eigenvalue weighted by atomic mass is 16.3. The van der Waals surface area contributed by atoms with Crippen LogP contribution >= 0.6 is 0 Å². The fourth-order valence-corrected chi connectivity index (χ4v) is 6.37. The molecule has 0 N–H and O–H groups in total. The highest BCUT2D eigenvalue weighted by Crippen LogP contribution is 2.41. The third kappa shape index (κ3) is 4.29. The number of furan rings is 1. The monoisotopic (exact) mass is 498 g/mol. The van der Waals surface area contributed by atoms with E-state index in [1.165, 1.54) is 86.2 Å². The molecule has 4 aromatic carbocycles. The zero-order valence-electron chi connectivity index (χ0n) is 23.1. The Labute approximate surface area is 226 Å². The summed E-state index contributed by atoms with van der Waals surface area (Å²) >= 11 is 0. The van der Waals surface area contributed by atoms with Crippen molar-refractivity contribution in [3.8, 4) is 11.1 Å². The maximum absolute atomic E-state index is 6.41. The van der Waals surface area contributed by atoms with Crippen LogP contribution in [-0.2, 0) is 12.8 Å². The van der Waals surface area contributed by atoms with E-state index in [2.05, 4.69) is 99.7 Å². The maximum atomic E-state index is 6.41. The Balaban J connectivity index is 1.59. The molecule has 1 aliphatic carbocycles. The average molecular weight is 499 g/mol. The molecule has 192 valence electrons. The first kappa shape index (κ1) is 24.7. The van der Waals surface area contributed by atoms with Gasteiger partial charge in [0.1, 0.15) is 11.2 Å². The number of hydrogen-bond acceptors (Lipinski definition) is 1. The number of hydrogen-bond donors (Lipinski definition) is 0. The Morgan fingerprint density at radius 1 is 0.868 bits per heavy atom. The summed E-state index contributed by atoms with van der Waals surface area (Å²) < 4.78 is 6.41. The molecule has 0 saturated carbocycles. The summed E-state index contributed by atoms with van der Waals surface area (Å²) in [6, 6.07) is 20.2. The van der Waals surface area contributed by atoms with Crippen molar-refractivity contribution in [2.24, 2.45) is 0 Å². The Bertz CT molecular complexity index is 1690. The number of fused-ring (bicyclic) bond motifs is 6. The van der Waals surface area contributed by atoms with Crippen LogP contribution in [0.1, 0.15) is 80.2 Å². The van der Waals surface area contributed by atoms with Crippen LogP contribution in [0.2, 0.25) is 0 Å². The highest BCUT2D eigenvalue weighted by Gasteiger charge is 2.19. The predicted octanol–water partition coefficient (Wildman–Crippen LogP) is 11.2. The van der Waals surface area contributed by atoms with Gasteiger partial charge < -0.3 is 4.42 Å². The van der Waals surface area contributed by atoms with Gasteiger partial charge in [-0.05, 0) is 107 Å². The van der Waals surface area contributed by atoms with Crippen molar-refractivity contribution in [2.75, 3.05) is 0 Å². The molecule has 1 heterocycles. The summed E-state index contributed by atoms with van der Waals surface area (Å²) in [6.45, 7) is 6.84. The maximum Gasteiger partial charge on any atom is 0.136 e. The summed E-state index contributed by atoms with van der Waals surface area (Å²) in [7, 11) is 0. The minimum Gasteiger partial charge on any atom is -0.456 e. The van der Waals surface area contributed by atoms with Gasteiger partial charge in [0.2, 0.25) is 0 Å². The fraction of sp³-hybridized carbons (Fsp3) is 0.297. The molecule has 1 aliphatic rings. The fourth-order valence-electron chi connectivity index (χ4n) is 6.37. The van der Waals surface area contributed by atoms with E-state index in [0.29, 0.717) is 0 Å². The van der Waals surface area contributed by atoms with Gasteiger partial charge in [-0.2, -0.15) is 0 Å². The van der Waals surface area contributed by atoms with Crippen molar-refractivity contribution in [3.63, 3.8) is 0 Å². The molecule has 1 aromatic heterocycles. The SMILES string of the molecule is CCC/C=C\c1c(C)c2c(c3ccc(-c4cccc5oc6cccc(CCCCC)c6c45)cc13)C=CCC2. The average Bonchev–Trinajstić information content (AvgIpc) is 3.34. The molecular weight excluding hydrogens is 460 g/mol. The van der Waals surface area contributed by atoms with Crippen molar-refractivity contribution < 1.29 is 4.42 Å². The highest BCUT2D eigenvalue weighted by molar-refractivity contribution is 6.14. The molecule has 0 spiro atoms. The Morgan fingerprint density at radius 3 is 2.55 bits per heavy atom. The normalized spacial score (nSPS) is 13.3. The van der Waals surface area contributed by atoms with Crippen molar-refractivity contribution in [1.82, 2.24) is 0 Å².